The summed E-state index contributed by atoms with van der Waals surface area (Å²) in [7, 11) is 0. The van der Waals surface area contributed by atoms with E-state index in [2.05, 4.69) is 19.1 Å². The van der Waals surface area contributed by atoms with Crippen LogP contribution in [-0.2, 0) is 6.42 Å². The topological polar surface area (TPSA) is 0 Å². The normalized spacial score (nSPS) is 23.3. The number of allylic oxidation sites excluding steroid dienone is 2. The SMILES string of the molecule is CCCC1CCC(C/C=C\Cc2ccc(F)cc2)CC1. The van der Waals surface area contributed by atoms with Gasteiger partial charge in [-0.3, -0.25) is 0 Å². The van der Waals surface area contributed by atoms with E-state index in [0.29, 0.717) is 0 Å². The number of benzene rings is 1. The molecule has 1 aliphatic rings. The summed E-state index contributed by atoms with van der Waals surface area (Å²) in [5.41, 5.74) is 1.19. The van der Waals surface area contributed by atoms with Gasteiger partial charge in [0.05, 0.1) is 0 Å². The van der Waals surface area contributed by atoms with Crippen molar-refractivity contribution in [2.24, 2.45) is 11.8 Å². The zero-order chi connectivity index (χ0) is 14.2. The smallest absolute Gasteiger partial charge is 0.123 e. The highest BCUT2D eigenvalue weighted by molar-refractivity contribution is 5.18. The summed E-state index contributed by atoms with van der Waals surface area (Å²) in [6.07, 6.45) is 15.2. The molecule has 2 rings (SSSR count). The molecular weight excluding hydrogens is 247 g/mol. The van der Waals surface area contributed by atoms with E-state index in [1.807, 2.05) is 12.1 Å². The highest BCUT2D eigenvalue weighted by Gasteiger charge is 2.19. The van der Waals surface area contributed by atoms with E-state index < -0.39 is 0 Å². The van der Waals surface area contributed by atoms with E-state index in [4.69, 9.17) is 0 Å². The van der Waals surface area contributed by atoms with E-state index in [0.717, 1.165) is 18.3 Å². The van der Waals surface area contributed by atoms with Gasteiger partial charge in [-0.1, -0.05) is 56.9 Å². The quantitative estimate of drug-likeness (QED) is 0.565. The predicted molar refractivity (Wildman–Crippen MR) is 84.2 cm³/mol. The highest BCUT2D eigenvalue weighted by Crippen LogP contribution is 2.33. The molecule has 0 bridgehead atoms. The summed E-state index contributed by atoms with van der Waals surface area (Å²) in [5, 5.41) is 0. The summed E-state index contributed by atoms with van der Waals surface area (Å²) in [4.78, 5) is 0. The maximum Gasteiger partial charge on any atom is 0.123 e. The molecule has 1 aromatic rings. The van der Waals surface area contributed by atoms with E-state index >= 15 is 0 Å². The molecular formula is C19H27F. The number of rotatable bonds is 6. The van der Waals surface area contributed by atoms with Crippen LogP contribution < -0.4 is 0 Å². The van der Waals surface area contributed by atoms with E-state index in [9.17, 15) is 4.39 Å². The lowest BCUT2D eigenvalue weighted by Gasteiger charge is -2.27. The third-order valence-electron chi connectivity index (χ3n) is 4.57. The van der Waals surface area contributed by atoms with E-state index in [-0.39, 0.29) is 5.82 Å². The van der Waals surface area contributed by atoms with Crippen molar-refractivity contribution in [3.05, 3.63) is 47.8 Å². The van der Waals surface area contributed by atoms with Crippen LogP contribution in [0.4, 0.5) is 4.39 Å². The van der Waals surface area contributed by atoms with Crippen LogP contribution in [0, 0.1) is 17.7 Å². The molecule has 1 saturated carbocycles. The standard InChI is InChI=1S/C19H27F/c1-2-5-16-8-10-17(11-9-16)6-3-4-7-18-12-14-19(20)15-13-18/h3-4,12-17H,2,5-11H2,1H3/b4-3-. The summed E-state index contributed by atoms with van der Waals surface area (Å²) in [6.45, 7) is 2.30. The Kier molecular flexibility index (Phi) is 6.29. The van der Waals surface area contributed by atoms with Crippen LogP contribution in [0.15, 0.2) is 36.4 Å². The molecule has 0 unspecified atom stereocenters. The van der Waals surface area contributed by atoms with Gasteiger partial charge in [-0.2, -0.15) is 0 Å². The van der Waals surface area contributed by atoms with Gasteiger partial charge in [0.2, 0.25) is 0 Å². The molecule has 0 radical (unpaired) electrons. The lowest BCUT2D eigenvalue weighted by atomic mass is 9.79. The third-order valence-corrected chi connectivity index (χ3v) is 4.57. The van der Waals surface area contributed by atoms with Crippen molar-refractivity contribution in [3.63, 3.8) is 0 Å². The fraction of sp³-hybridized carbons (Fsp3) is 0.579. The molecule has 0 aliphatic heterocycles. The first kappa shape index (κ1) is 15.3. The maximum atomic E-state index is 12.8. The number of hydrogen-bond donors (Lipinski definition) is 0. The van der Waals surface area contributed by atoms with Crippen molar-refractivity contribution in [1.82, 2.24) is 0 Å². The average molecular weight is 274 g/mol. The summed E-state index contributed by atoms with van der Waals surface area (Å²) < 4.78 is 12.8. The lowest BCUT2D eigenvalue weighted by Crippen LogP contribution is -2.13. The van der Waals surface area contributed by atoms with Gasteiger partial charge in [0, 0.05) is 0 Å². The van der Waals surface area contributed by atoms with Crippen molar-refractivity contribution in [1.29, 1.82) is 0 Å². The largest absolute Gasteiger partial charge is 0.207 e. The average Bonchev–Trinajstić information content (AvgIpc) is 2.47. The van der Waals surface area contributed by atoms with Crippen molar-refractivity contribution >= 4 is 0 Å². The molecule has 1 heteroatoms. The molecule has 1 fully saturated rings. The first-order valence-corrected chi connectivity index (χ1v) is 8.17. The van der Waals surface area contributed by atoms with Gasteiger partial charge in [0.1, 0.15) is 5.82 Å². The van der Waals surface area contributed by atoms with E-state index in [1.54, 1.807) is 0 Å². The first-order valence-electron chi connectivity index (χ1n) is 8.17. The second-order valence-electron chi connectivity index (χ2n) is 6.21. The van der Waals surface area contributed by atoms with Gasteiger partial charge in [-0.25, -0.2) is 4.39 Å². The molecule has 0 saturated heterocycles. The Morgan fingerprint density at radius 2 is 1.65 bits per heavy atom. The molecule has 0 nitrogen and oxygen atoms in total. The van der Waals surface area contributed by atoms with Crippen LogP contribution in [-0.4, -0.2) is 0 Å². The number of halogens is 1. The number of hydrogen-bond acceptors (Lipinski definition) is 0. The van der Waals surface area contributed by atoms with Crippen molar-refractivity contribution in [2.75, 3.05) is 0 Å². The first-order chi connectivity index (χ1) is 9.78. The molecule has 0 N–H and O–H groups in total. The van der Waals surface area contributed by atoms with Crippen LogP contribution in [0.5, 0.6) is 0 Å². The van der Waals surface area contributed by atoms with Gasteiger partial charge < -0.3 is 0 Å². The fourth-order valence-electron chi connectivity index (χ4n) is 3.29. The van der Waals surface area contributed by atoms with Gasteiger partial charge in [-0.15, -0.1) is 0 Å². The zero-order valence-corrected chi connectivity index (χ0v) is 12.7. The van der Waals surface area contributed by atoms with Gasteiger partial charge in [-0.05, 0) is 55.2 Å². The van der Waals surface area contributed by atoms with Crippen molar-refractivity contribution in [3.8, 4) is 0 Å². The lowest BCUT2D eigenvalue weighted by molar-refractivity contribution is 0.263. The monoisotopic (exact) mass is 274 g/mol. The van der Waals surface area contributed by atoms with Gasteiger partial charge in [0.15, 0.2) is 0 Å². The third kappa shape index (κ3) is 5.11. The van der Waals surface area contributed by atoms with Crippen LogP contribution in [0.1, 0.15) is 57.4 Å². The second-order valence-corrected chi connectivity index (χ2v) is 6.21. The molecule has 1 aromatic carbocycles. The highest BCUT2D eigenvalue weighted by atomic mass is 19.1. The zero-order valence-electron chi connectivity index (χ0n) is 12.7. The Morgan fingerprint density at radius 3 is 2.30 bits per heavy atom. The van der Waals surface area contributed by atoms with Crippen LogP contribution in [0.3, 0.4) is 0 Å². The molecule has 20 heavy (non-hydrogen) atoms. The summed E-state index contributed by atoms with van der Waals surface area (Å²) in [5.74, 6) is 1.74. The van der Waals surface area contributed by atoms with Crippen LogP contribution in [0.25, 0.3) is 0 Å². The molecule has 0 spiro atoms. The summed E-state index contributed by atoms with van der Waals surface area (Å²) in [6, 6.07) is 6.82. The van der Waals surface area contributed by atoms with Crippen LogP contribution >= 0.6 is 0 Å². The molecule has 0 aromatic heterocycles. The Morgan fingerprint density at radius 1 is 1.00 bits per heavy atom. The molecule has 1 aliphatic carbocycles. The summed E-state index contributed by atoms with van der Waals surface area (Å²) >= 11 is 0. The minimum atomic E-state index is -0.151. The van der Waals surface area contributed by atoms with E-state index in [1.165, 1.54) is 62.6 Å². The Balaban J connectivity index is 1.65. The Hall–Kier alpha value is -1.11. The molecule has 0 atom stereocenters. The predicted octanol–water partition coefficient (Wildman–Crippen LogP) is 5.92. The fourth-order valence-corrected chi connectivity index (χ4v) is 3.29. The Bertz CT molecular complexity index is 396. The van der Waals surface area contributed by atoms with Crippen molar-refractivity contribution in [2.45, 2.75) is 58.3 Å². The second kappa shape index (κ2) is 8.24. The molecule has 0 heterocycles. The maximum absolute atomic E-state index is 12.8. The molecule has 0 amide bonds. The minimum absolute atomic E-state index is 0.151. The minimum Gasteiger partial charge on any atom is -0.207 e. The van der Waals surface area contributed by atoms with Crippen LogP contribution in [0.2, 0.25) is 0 Å². The van der Waals surface area contributed by atoms with Gasteiger partial charge >= 0.3 is 0 Å². The van der Waals surface area contributed by atoms with Gasteiger partial charge in [0.25, 0.3) is 0 Å². The van der Waals surface area contributed by atoms with Crippen molar-refractivity contribution < 1.29 is 4.39 Å². The molecule has 110 valence electrons. The Labute approximate surface area is 123 Å².